The Bertz CT molecular complexity index is 311. The number of ether oxygens (including phenoxy) is 2. The van der Waals surface area contributed by atoms with E-state index in [4.69, 9.17) is 15.2 Å². The van der Waals surface area contributed by atoms with Gasteiger partial charge in [-0.3, -0.25) is 0 Å². The first-order valence-corrected chi connectivity index (χ1v) is 5.52. The van der Waals surface area contributed by atoms with Crippen LogP contribution in [0.5, 0.6) is 0 Å². The van der Waals surface area contributed by atoms with Crippen molar-refractivity contribution in [2.24, 2.45) is 11.7 Å². The third-order valence-electron chi connectivity index (χ3n) is 2.73. The second-order valence-electron chi connectivity index (χ2n) is 4.03. The van der Waals surface area contributed by atoms with Crippen molar-refractivity contribution in [1.29, 1.82) is 0 Å². The van der Waals surface area contributed by atoms with E-state index in [1.165, 1.54) is 11.1 Å². The third-order valence-corrected chi connectivity index (χ3v) is 2.73. The molecule has 0 amide bonds. The minimum atomic E-state index is -0.231. The average molecular weight is 223 g/mol. The van der Waals surface area contributed by atoms with Gasteiger partial charge in [-0.05, 0) is 18.9 Å². The lowest BCUT2D eigenvalue weighted by Crippen LogP contribution is -2.32. The molecule has 3 nitrogen and oxygen atoms in total. The van der Waals surface area contributed by atoms with Crippen molar-refractivity contribution in [2.45, 2.75) is 19.6 Å². The van der Waals surface area contributed by atoms with Crippen molar-refractivity contribution in [1.82, 2.24) is 0 Å². The molecular weight excluding hydrogens is 202 g/mol. The summed E-state index contributed by atoms with van der Waals surface area (Å²) in [6, 6.07) is 8.43. The topological polar surface area (TPSA) is 44.5 Å². The van der Waals surface area contributed by atoms with Crippen LogP contribution in [0.15, 0.2) is 24.3 Å². The van der Waals surface area contributed by atoms with Gasteiger partial charge in [-0.15, -0.1) is 0 Å². The number of hydrogen-bond donors (Lipinski definition) is 1. The van der Waals surface area contributed by atoms with E-state index >= 15 is 0 Å². The Balaban J connectivity index is 2.69. The standard InChI is InChI=1S/C13H21NO2/c1-10-5-4-6-11(7-10)8-12(9-14)13(15-2)16-3/h4-7,12-13H,8-9,14H2,1-3H3. The molecule has 16 heavy (non-hydrogen) atoms. The fraction of sp³-hybridized carbons (Fsp3) is 0.538. The molecule has 1 rings (SSSR count). The summed E-state index contributed by atoms with van der Waals surface area (Å²) in [6.45, 7) is 2.64. The molecular formula is C13H21NO2. The van der Waals surface area contributed by atoms with Gasteiger partial charge in [0.05, 0.1) is 0 Å². The van der Waals surface area contributed by atoms with Crippen LogP contribution in [-0.4, -0.2) is 27.1 Å². The van der Waals surface area contributed by atoms with Crippen molar-refractivity contribution in [2.75, 3.05) is 20.8 Å². The molecule has 2 N–H and O–H groups in total. The lowest BCUT2D eigenvalue weighted by Gasteiger charge is -2.23. The van der Waals surface area contributed by atoms with E-state index in [1.54, 1.807) is 14.2 Å². The molecule has 0 aliphatic carbocycles. The molecule has 0 heterocycles. The highest BCUT2D eigenvalue weighted by Gasteiger charge is 2.19. The van der Waals surface area contributed by atoms with Crippen LogP contribution in [0.3, 0.4) is 0 Å². The van der Waals surface area contributed by atoms with E-state index in [0.29, 0.717) is 6.54 Å². The van der Waals surface area contributed by atoms with Crippen molar-refractivity contribution in [3.05, 3.63) is 35.4 Å². The number of benzene rings is 1. The summed E-state index contributed by atoms with van der Waals surface area (Å²) < 4.78 is 10.5. The zero-order chi connectivity index (χ0) is 12.0. The van der Waals surface area contributed by atoms with E-state index in [-0.39, 0.29) is 12.2 Å². The molecule has 1 atom stereocenters. The maximum Gasteiger partial charge on any atom is 0.161 e. The Labute approximate surface area is 97.6 Å². The second kappa shape index (κ2) is 6.63. The molecule has 0 fully saturated rings. The lowest BCUT2D eigenvalue weighted by atomic mass is 9.97. The van der Waals surface area contributed by atoms with E-state index < -0.39 is 0 Å². The SMILES string of the molecule is COC(OC)C(CN)Cc1cccc(C)c1. The van der Waals surface area contributed by atoms with Gasteiger partial charge in [0, 0.05) is 26.7 Å². The lowest BCUT2D eigenvalue weighted by molar-refractivity contribution is -0.134. The smallest absolute Gasteiger partial charge is 0.161 e. The number of methoxy groups -OCH3 is 2. The largest absolute Gasteiger partial charge is 0.356 e. The van der Waals surface area contributed by atoms with Crippen molar-refractivity contribution in [3.63, 3.8) is 0 Å². The summed E-state index contributed by atoms with van der Waals surface area (Å²) in [6.07, 6.45) is 0.648. The number of nitrogens with two attached hydrogens (primary N) is 1. The Morgan fingerprint density at radius 3 is 2.44 bits per heavy atom. The summed E-state index contributed by atoms with van der Waals surface area (Å²) >= 11 is 0. The average Bonchev–Trinajstić information content (AvgIpc) is 2.29. The molecule has 0 saturated carbocycles. The fourth-order valence-corrected chi connectivity index (χ4v) is 1.91. The van der Waals surface area contributed by atoms with Gasteiger partial charge in [-0.1, -0.05) is 29.8 Å². The molecule has 0 aromatic heterocycles. The minimum absolute atomic E-state index is 0.191. The molecule has 0 bridgehead atoms. The van der Waals surface area contributed by atoms with Crippen LogP contribution < -0.4 is 5.73 Å². The highest BCUT2D eigenvalue weighted by Crippen LogP contribution is 2.15. The fourth-order valence-electron chi connectivity index (χ4n) is 1.91. The molecule has 0 radical (unpaired) electrons. The minimum Gasteiger partial charge on any atom is -0.356 e. The summed E-state index contributed by atoms with van der Waals surface area (Å²) in [5.41, 5.74) is 8.29. The molecule has 90 valence electrons. The summed E-state index contributed by atoms with van der Waals surface area (Å²) in [7, 11) is 3.29. The third kappa shape index (κ3) is 3.59. The van der Waals surface area contributed by atoms with Crippen LogP contribution >= 0.6 is 0 Å². The van der Waals surface area contributed by atoms with Crippen LogP contribution in [0.25, 0.3) is 0 Å². The molecule has 1 aromatic rings. The first kappa shape index (κ1) is 13.2. The molecule has 1 aromatic carbocycles. The summed E-state index contributed by atoms with van der Waals surface area (Å²) in [4.78, 5) is 0. The predicted molar refractivity (Wildman–Crippen MR) is 65.2 cm³/mol. The Morgan fingerprint density at radius 2 is 1.94 bits per heavy atom. The molecule has 3 heteroatoms. The first-order valence-electron chi connectivity index (χ1n) is 5.52. The summed E-state index contributed by atoms with van der Waals surface area (Å²) in [5, 5.41) is 0. The predicted octanol–water partition coefficient (Wildman–Crippen LogP) is 1.73. The number of rotatable bonds is 6. The van der Waals surface area contributed by atoms with Crippen LogP contribution in [0.2, 0.25) is 0 Å². The molecule has 0 spiro atoms. The van der Waals surface area contributed by atoms with Gasteiger partial charge in [0.2, 0.25) is 0 Å². The maximum atomic E-state index is 5.75. The number of aryl methyl sites for hydroxylation is 1. The molecule has 0 aliphatic rings. The molecule has 0 saturated heterocycles. The van der Waals surface area contributed by atoms with Gasteiger partial charge >= 0.3 is 0 Å². The van der Waals surface area contributed by atoms with Crippen LogP contribution in [0, 0.1) is 12.8 Å². The van der Waals surface area contributed by atoms with Crippen LogP contribution in [0.1, 0.15) is 11.1 Å². The summed E-state index contributed by atoms with van der Waals surface area (Å²) in [5.74, 6) is 0.191. The Kier molecular flexibility index (Phi) is 5.46. The van der Waals surface area contributed by atoms with E-state index in [1.807, 2.05) is 0 Å². The quantitative estimate of drug-likeness (QED) is 0.747. The zero-order valence-electron chi connectivity index (χ0n) is 10.3. The molecule has 0 aliphatic heterocycles. The molecule has 1 unspecified atom stereocenters. The monoisotopic (exact) mass is 223 g/mol. The van der Waals surface area contributed by atoms with Crippen LogP contribution in [0.4, 0.5) is 0 Å². The zero-order valence-corrected chi connectivity index (χ0v) is 10.3. The van der Waals surface area contributed by atoms with Gasteiger partial charge in [-0.25, -0.2) is 0 Å². The van der Waals surface area contributed by atoms with Crippen molar-refractivity contribution in [3.8, 4) is 0 Å². The Morgan fingerprint density at radius 1 is 1.25 bits per heavy atom. The van der Waals surface area contributed by atoms with E-state index in [0.717, 1.165) is 6.42 Å². The number of hydrogen-bond acceptors (Lipinski definition) is 3. The van der Waals surface area contributed by atoms with Gasteiger partial charge < -0.3 is 15.2 Å². The van der Waals surface area contributed by atoms with E-state index in [9.17, 15) is 0 Å². The normalized spacial score (nSPS) is 13.1. The van der Waals surface area contributed by atoms with Crippen molar-refractivity contribution < 1.29 is 9.47 Å². The second-order valence-corrected chi connectivity index (χ2v) is 4.03. The Hall–Kier alpha value is -0.900. The van der Waals surface area contributed by atoms with Gasteiger partial charge in [0.25, 0.3) is 0 Å². The van der Waals surface area contributed by atoms with Crippen molar-refractivity contribution >= 4 is 0 Å². The first-order chi connectivity index (χ1) is 7.71. The van der Waals surface area contributed by atoms with Gasteiger partial charge in [0.1, 0.15) is 0 Å². The van der Waals surface area contributed by atoms with Gasteiger partial charge in [0.15, 0.2) is 6.29 Å². The van der Waals surface area contributed by atoms with Crippen LogP contribution in [-0.2, 0) is 15.9 Å². The highest BCUT2D eigenvalue weighted by atomic mass is 16.7. The van der Waals surface area contributed by atoms with Gasteiger partial charge in [-0.2, -0.15) is 0 Å². The van der Waals surface area contributed by atoms with E-state index in [2.05, 4.69) is 31.2 Å². The maximum absolute atomic E-state index is 5.75. The highest BCUT2D eigenvalue weighted by molar-refractivity contribution is 5.22.